The molecular formula is C23H21FN4O3. The Hall–Kier alpha value is -3.68. The van der Waals surface area contributed by atoms with Crippen molar-refractivity contribution in [3.63, 3.8) is 0 Å². The van der Waals surface area contributed by atoms with Crippen molar-refractivity contribution in [1.29, 1.82) is 0 Å². The molecule has 0 saturated heterocycles. The van der Waals surface area contributed by atoms with Crippen molar-refractivity contribution < 1.29 is 19.1 Å². The molecule has 8 heteroatoms. The van der Waals surface area contributed by atoms with Gasteiger partial charge in [-0.1, -0.05) is 18.2 Å². The summed E-state index contributed by atoms with van der Waals surface area (Å²) in [5.74, 6) is -1.18. The van der Waals surface area contributed by atoms with E-state index in [1.54, 1.807) is 38.9 Å². The summed E-state index contributed by atoms with van der Waals surface area (Å²) in [6.45, 7) is 2.18. The van der Waals surface area contributed by atoms with Gasteiger partial charge in [-0.25, -0.2) is 4.39 Å². The highest BCUT2D eigenvalue weighted by Crippen LogP contribution is 2.37. The van der Waals surface area contributed by atoms with Crippen LogP contribution in [0.1, 0.15) is 37.7 Å². The molecule has 158 valence electrons. The SMILES string of the molecule is O=C1c2c(O)c3n(c2CCN1Cc1cccnc1)CCN(Cc1ccc(F)cc1)C3=O. The third-order valence-electron chi connectivity index (χ3n) is 5.93. The fourth-order valence-electron chi connectivity index (χ4n) is 4.40. The van der Waals surface area contributed by atoms with Crippen molar-refractivity contribution in [2.75, 3.05) is 13.1 Å². The molecule has 0 fully saturated rings. The summed E-state index contributed by atoms with van der Waals surface area (Å²) < 4.78 is 15.0. The molecule has 1 aromatic carbocycles. The van der Waals surface area contributed by atoms with E-state index >= 15 is 0 Å². The van der Waals surface area contributed by atoms with Crippen LogP contribution >= 0.6 is 0 Å². The van der Waals surface area contributed by atoms with E-state index < -0.39 is 0 Å². The predicted octanol–water partition coefficient (Wildman–Crippen LogP) is 2.58. The van der Waals surface area contributed by atoms with Crippen LogP contribution in [0.3, 0.4) is 0 Å². The Bertz CT molecular complexity index is 1160. The molecule has 2 aliphatic heterocycles. The second kappa shape index (κ2) is 7.54. The zero-order valence-electron chi connectivity index (χ0n) is 16.8. The number of amides is 2. The minimum absolute atomic E-state index is 0.162. The number of hydrogen-bond donors (Lipinski definition) is 1. The Labute approximate surface area is 178 Å². The molecule has 4 heterocycles. The van der Waals surface area contributed by atoms with Crippen LogP contribution in [-0.4, -0.2) is 49.4 Å². The lowest BCUT2D eigenvalue weighted by molar-refractivity contribution is 0.0680. The molecule has 2 amide bonds. The Morgan fingerprint density at radius 1 is 0.935 bits per heavy atom. The van der Waals surface area contributed by atoms with E-state index in [4.69, 9.17) is 0 Å². The van der Waals surface area contributed by atoms with Gasteiger partial charge in [0.25, 0.3) is 11.8 Å². The van der Waals surface area contributed by atoms with Gasteiger partial charge >= 0.3 is 0 Å². The number of nitrogens with zero attached hydrogens (tertiary/aromatic N) is 4. The minimum Gasteiger partial charge on any atom is -0.505 e. The van der Waals surface area contributed by atoms with Gasteiger partial charge in [0, 0.05) is 57.2 Å². The summed E-state index contributed by atoms with van der Waals surface area (Å²) in [7, 11) is 0. The number of benzene rings is 1. The molecule has 31 heavy (non-hydrogen) atoms. The fourth-order valence-corrected chi connectivity index (χ4v) is 4.40. The third-order valence-corrected chi connectivity index (χ3v) is 5.93. The summed E-state index contributed by atoms with van der Waals surface area (Å²) in [5, 5.41) is 10.9. The maximum Gasteiger partial charge on any atom is 0.274 e. The molecule has 0 saturated carbocycles. The zero-order chi connectivity index (χ0) is 21.5. The molecule has 7 nitrogen and oxygen atoms in total. The first-order valence-corrected chi connectivity index (χ1v) is 10.2. The van der Waals surface area contributed by atoms with Gasteiger partial charge < -0.3 is 19.5 Å². The summed E-state index contributed by atoms with van der Waals surface area (Å²) in [6.07, 6.45) is 3.96. The molecule has 0 unspecified atom stereocenters. The van der Waals surface area contributed by atoms with Crippen LogP contribution in [0.2, 0.25) is 0 Å². The van der Waals surface area contributed by atoms with Gasteiger partial charge in [-0.15, -0.1) is 0 Å². The van der Waals surface area contributed by atoms with Crippen LogP contribution in [0.25, 0.3) is 0 Å². The lowest BCUT2D eigenvalue weighted by Crippen LogP contribution is -2.41. The van der Waals surface area contributed by atoms with Gasteiger partial charge in [0.2, 0.25) is 0 Å². The molecule has 0 bridgehead atoms. The van der Waals surface area contributed by atoms with Gasteiger partial charge in [0.15, 0.2) is 11.4 Å². The summed E-state index contributed by atoms with van der Waals surface area (Å²) >= 11 is 0. The van der Waals surface area contributed by atoms with E-state index in [0.717, 1.165) is 16.8 Å². The summed E-state index contributed by atoms with van der Waals surface area (Å²) in [6, 6.07) is 9.72. The number of rotatable bonds is 4. The molecule has 0 atom stereocenters. The minimum atomic E-state index is -0.331. The van der Waals surface area contributed by atoms with Gasteiger partial charge in [-0.3, -0.25) is 14.6 Å². The zero-order valence-corrected chi connectivity index (χ0v) is 16.8. The Morgan fingerprint density at radius 2 is 1.68 bits per heavy atom. The van der Waals surface area contributed by atoms with Crippen molar-refractivity contribution in [3.05, 3.63) is 82.7 Å². The standard InChI is InChI=1S/C23H21FN4O3/c24-17-5-3-15(4-6-17)13-27-10-11-28-18-7-9-26(14-16-2-1-8-25-12-16)22(30)19(18)21(29)20(28)23(27)31/h1-6,8,12,29H,7,9-11,13-14H2. The number of aromatic hydroxyl groups is 1. The lowest BCUT2D eigenvalue weighted by atomic mass is 10.1. The highest BCUT2D eigenvalue weighted by Gasteiger charge is 2.39. The van der Waals surface area contributed by atoms with E-state index in [9.17, 15) is 19.1 Å². The number of carbonyl (C=O) groups excluding carboxylic acids is 2. The molecular weight excluding hydrogens is 399 g/mol. The van der Waals surface area contributed by atoms with Crippen molar-refractivity contribution in [2.45, 2.75) is 26.1 Å². The Kier molecular flexibility index (Phi) is 4.69. The molecule has 3 aromatic rings. The van der Waals surface area contributed by atoms with Crippen LogP contribution in [0.15, 0.2) is 48.8 Å². The van der Waals surface area contributed by atoms with Crippen molar-refractivity contribution in [1.82, 2.24) is 19.4 Å². The fraction of sp³-hybridized carbons (Fsp3) is 0.261. The normalized spacial score (nSPS) is 15.8. The second-order valence-electron chi connectivity index (χ2n) is 7.86. The molecule has 2 aliphatic rings. The first kappa shape index (κ1) is 19.3. The maximum atomic E-state index is 13.2. The van der Waals surface area contributed by atoms with Crippen molar-refractivity contribution in [2.24, 2.45) is 0 Å². The van der Waals surface area contributed by atoms with E-state index in [2.05, 4.69) is 4.98 Å². The average Bonchev–Trinajstić information content (AvgIpc) is 3.07. The number of halogens is 1. The maximum absolute atomic E-state index is 13.2. The molecule has 2 aromatic heterocycles. The van der Waals surface area contributed by atoms with Gasteiger partial charge in [-0.05, 0) is 29.3 Å². The van der Waals surface area contributed by atoms with E-state index in [0.29, 0.717) is 39.1 Å². The van der Waals surface area contributed by atoms with Crippen LogP contribution in [0, 0.1) is 5.82 Å². The predicted molar refractivity (Wildman–Crippen MR) is 110 cm³/mol. The molecule has 0 spiro atoms. The Morgan fingerprint density at radius 3 is 2.42 bits per heavy atom. The highest BCUT2D eigenvalue weighted by atomic mass is 19.1. The van der Waals surface area contributed by atoms with Crippen LogP contribution in [-0.2, 0) is 26.1 Å². The number of aromatic nitrogens is 2. The molecule has 0 aliphatic carbocycles. The monoisotopic (exact) mass is 420 g/mol. The van der Waals surface area contributed by atoms with Gasteiger partial charge in [0.05, 0.1) is 0 Å². The van der Waals surface area contributed by atoms with E-state index in [1.807, 2.05) is 12.1 Å². The molecule has 0 radical (unpaired) electrons. The smallest absolute Gasteiger partial charge is 0.274 e. The molecule has 5 rings (SSSR count). The van der Waals surface area contributed by atoms with Crippen molar-refractivity contribution in [3.8, 4) is 5.75 Å². The number of hydrogen-bond acceptors (Lipinski definition) is 4. The number of pyridine rings is 1. The lowest BCUT2D eigenvalue weighted by Gasteiger charge is -2.30. The topological polar surface area (TPSA) is 78.7 Å². The number of fused-ring (bicyclic) bond motifs is 3. The van der Waals surface area contributed by atoms with Crippen molar-refractivity contribution >= 4 is 11.8 Å². The average molecular weight is 420 g/mol. The van der Waals surface area contributed by atoms with Crippen LogP contribution in [0.4, 0.5) is 4.39 Å². The van der Waals surface area contributed by atoms with E-state index in [-0.39, 0.29) is 34.6 Å². The largest absolute Gasteiger partial charge is 0.505 e. The quantitative estimate of drug-likeness (QED) is 0.704. The first-order valence-electron chi connectivity index (χ1n) is 10.2. The van der Waals surface area contributed by atoms with Gasteiger partial charge in [-0.2, -0.15) is 0 Å². The van der Waals surface area contributed by atoms with Crippen LogP contribution < -0.4 is 0 Å². The van der Waals surface area contributed by atoms with Gasteiger partial charge in [0.1, 0.15) is 11.4 Å². The summed E-state index contributed by atoms with van der Waals surface area (Å²) in [5.41, 5.74) is 2.81. The number of carbonyl (C=O) groups is 2. The first-order chi connectivity index (χ1) is 15.0. The second-order valence-corrected chi connectivity index (χ2v) is 7.86. The molecule has 1 N–H and O–H groups in total. The highest BCUT2D eigenvalue weighted by molar-refractivity contribution is 6.05. The van der Waals surface area contributed by atoms with Crippen LogP contribution in [0.5, 0.6) is 5.75 Å². The van der Waals surface area contributed by atoms with E-state index in [1.165, 1.54) is 12.1 Å². The summed E-state index contributed by atoms with van der Waals surface area (Å²) in [4.78, 5) is 33.7. The third kappa shape index (κ3) is 3.34. The Balaban J connectivity index is 1.42.